The molecule has 1 amide bonds. The molecule has 1 atom stereocenters. The Morgan fingerprint density at radius 3 is 2.33 bits per heavy atom. The van der Waals surface area contributed by atoms with E-state index in [0.717, 1.165) is 25.0 Å². The number of nitrogens with zero attached hydrogens (tertiary/aromatic N) is 1. The molecular formula is C22H35NO7. The third-order valence-corrected chi connectivity index (χ3v) is 4.21. The van der Waals surface area contributed by atoms with E-state index in [1.807, 2.05) is 12.1 Å². The van der Waals surface area contributed by atoms with E-state index in [-0.39, 0.29) is 6.09 Å². The minimum absolute atomic E-state index is 0.292. The molecule has 1 aromatic carbocycles. The number of benzene rings is 1. The lowest BCUT2D eigenvalue weighted by Crippen LogP contribution is -2.36. The smallest absolute Gasteiger partial charge is 0.409 e. The number of carbonyl (C=O) groups excluding carboxylic acids is 1. The van der Waals surface area contributed by atoms with Crippen LogP contribution in [-0.2, 0) is 25.4 Å². The Balaban J connectivity index is 2.48. The summed E-state index contributed by atoms with van der Waals surface area (Å²) in [4.78, 5) is 24.9. The molecule has 170 valence electrons. The fourth-order valence-electron chi connectivity index (χ4n) is 2.74. The van der Waals surface area contributed by atoms with Crippen LogP contribution in [0.3, 0.4) is 0 Å². The first-order valence-electron chi connectivity index (χ1n) is 10.6. The molecule has 0 radical (unpaired) electrons. The van der Waals surface area contributed by atoms with Gasteiger partial charge in [-0.3, -0.25) is 0 Å². The number of amides is 1. The van der Waals surface area contributed by atoms with Crippen LogP contribution < -0.4 is 4.74 Å². The van der Waals surface area contributed by atoms with Gasteiger partial charge in [0.05, 0.1) is 13.2 Å². The highest BCUT2D eigenvalue weighted by molar-refractivity contribution is 5.72. The third kappa shape index (κ3) is 10.5. The van der Waals surface area contributed by atoms with Crippen LogP contribution in [0.1, 0.15) is 39.2 Å². The predicted molar refractivity (Wildman–Crippen MR) is 113 cm³/mol. The highest BCUT2D eigenvalue weighted by Crippen LogP contribution is 2.15. The molecule has 1 N–H and O–H groups in total. The van der Waals surface area contributed by atoms with E-state index >= 15 is 0 Å². The van der Waals surface area contributed by atoms with E-state index in [1.165, 1.54) is 0 Å². The van der Waals surface area contributed by atoms with Crippen molar-refractivity contribution in [2.75, 3.05) is 46.1 Å². The van der Waals surface area contributed by atoms with Crippen LogP contribution >= 0.6 is 0 Å². The van der Waals surface area contributed by atoms with Gasteiger partial charge in [-0.25, -0.2) is 9.59 Å². The Kier molecular flexibility index (Phi) is 13.3. The molecule has 0 aliphatic rings. The van der Waals surface area contributed by atoms with Crippen molar-refractivity contribution in [1.82, 2.24) is 4.90 Å². The van der Waals surface area contributed by atoms with Gasteiger partial charge in [0.2, 0.25) is 0 Å². The molecule has 30 heavy (non-hydrogen) atoms. The van der Waals surface area contributed by atoms with Crippen molar-refractivity contribution in [3.05, 3.63) is 29.8 Å². The van der Waals surface area contributed by atoms with E-state index in [9.17, 15) is 14.7 Å². The van der Waals surface area contributed by atoms with Crippen molar-refractivity contribution >= 4 is 12.1 Å². The monoisotopic (exact) mass is 425 g/mol. The first-order chi connectivity index (χ1) is 14.5. The maximum atomic E-state index is 12.1. The molecule has 8 nitrogen and oxygen atoms in total. The minimum Gasteiger partial charge on any atom is -0.492 e. The van der Waals surface area contributed by atoms with Gasteiger partial charge >= 0.3 is 12.1 Å². The van der Waals surface area contributed by atoms with E-state index in [0.29, 0.717) is 51.7 Å². The summed E-state index contributed by atoms with van der Waals surface area (Å²) in [5, 5.41) is 9.18. The Morgan fingerprint density at radius 1 is 1.00 bits per heavy atom. The van der Waals surface area contributed by atoms with Crippen molar-refractivity contribution in [2.24, 2.45) is 0 Å². The summed E-state index contributed by atoms with van der Waals surface area (Å²) in [6.07, 6.45) is 0.776. The number of rotatable bonds is 16. The van der Waals surface area contributed by atoms with Gasteiger partial charge in [-0.2, -0.15) is 0 Å². The van der Waals surface area contributed by atoms with Gasteiger partial charge in [0.1, 0.15) is 12.4 Å². The standard InChI is InChI=1S/C22H35NO7/c1-4-14-27-15-7-12-23(22(26)29-6-3)13-16-30-19-10-8-18(9-11-19)17-20(21(24)25)28-5-2/h8-11,20H,4-7,12-17H2,1-3H3,(H,24,25). The van der Waals surface area contributed by atoms with Crippen molar-refractivity contribution in [1.29, 1.82) is 0 Å². The van der Waals surface area contributed by atoms with E-state index in [1.54, 1.807) is 30.9 Å². The van der Waals surface area contributed by atoms with Gasteiger partial charge < -0.3 is 29.0 Å². The zero-order valence-corrected chi connectivity index (χ0v) is 18.3. The molecule has 0 aliphatic carbocycles. The van der Waals surface area contributed by atoms with Crippen LogP contribution in [0.4, 0.5) is 4.79 Å². The molecule has 1 unspecified atom stereocenters. The average Bonchev–Trinajstić information content (AvgIpc) is 2.73. The topological polar surface area (TPSA) is 94.5 Å². The Morgan fingerprint density at radius 2 is 1.73 bits per heavy atom. The second-order valence-electron chi connectivity index (χ2n) is 6.63. The number of carboxylic acid groups (broad SMARTS) is 1. The number of aliphatic carboxylic acids is 1. The lowest BCUT2D eigenvalue weighted by atomic mass is 10.1. The number of hydrogen-bond acceptors (Lipinski definition) is 6. The number of hydrogen-bond donors (Lipinski definition) is 1. The van der Waals surface area contributed by atoms with Crippen LogP contribution in [0, 0.1) is 0 Å². The summed E-state index contributed by atoms with van der Waals surface area (Å²) in [6, 6.07) is 7.21. The normalized spacial score (nSPS) is 11.7. The van der Waals surface area contributed by atoms with Gasteiger partial charge in [-0.15, -0.1) is 0 Å². The largest absolute Gasteiger partial charge is 0.492 e. The molecule has 8 heteroatoms. The third-order valence-electron chi connectivity index (χ3n) is 4.21. The highest BCUT2D eigenvalue weighted by Gasteiger charge is 2.18. The van der Waals surface area contributed by atoms with E-state index in [4.69, 9.17) is 18.9 Å². The predicted octanol–water partition coefficient (Wildman–Crippen LogP) is 3.37. The van der Waals surface area contributed by atoms with Crippen LogP contribution in [0.15, 0.2) is 24.3 Å². The van der Waals surface area contributed by atoms with Gasteiger partial charge in [0.25, 0.3) is 0 Å². The fraction of sp³-hybridized carbons (Fsp3) is 0.636. The number of carboxylic acids is 1. The van der Waals surface area contributed by atoms with Crippen molar-refractivity contribution in [3.63, 3.8) is 0 Å². The van der Waals surface area contributed by atoms with Gasteiger partial charge in [0, 0.05) is 32.8 Å². The van der Waals surface area contributed by atoms with Gasteiger partial charge in [-0.05, 0) is 44.4 Å². The summed E-state index contributed by atoms with van der Waals surface area (Å²) < 4.78 is 21.5. The first-order valence-corrected chi connectivity index (χ1v) is 10.6. The molecule has 1 rings (SSSR count). The van der Waals surface area contributed by atoms with E-state index in [2.05, 4.69) is 6.92 Å². The van der Waals surface area contributed by atoms with Gasteiger partial charge in [-0.1, -0.05) is 19.1 Å². The maximum Gasteiger partial charge on any atom is 0.409 e. The molecule has 0 aliphatic heterocycles. The van der Waals surface area contributed by atoms with Crippen molar-refractivity contribution in [3.8, 4) is 5.75 Å². The molecule has 0 heterocycles. The second kappa shape index (κ2) is 15.5. The Bertz CT molecular complexity index is 606. The summed E-state index contributed by atoms with van der Waals surface area (Å²) in [5.41, 5.74) is 0.850. The minimum atomic E-state index is -0.976. The zero-order valence-electron chi connectivity index (χ0n) is 18.3. The Labute approximate surface area is 179 Å². The summed E-state index contributed by atoms with van der Waals surface area (Å²) in [5.74, 6) is -0.326. The zero-order chi connectivity index (χ0) is 22.2. The lowest BCUT2D eigenvalue weighted by Gasteiger charge is -2.22. The van der Waals surface area contributed by atoms with Crippen LogP contribution in [-0.4, -0.2) is 74.3 Å². The van der Waals surface area contributed by atoms with Crippen LogP contribution in [0.5, 0.6) is 5.75 Å². The second-order valence-corrected chi connectivity index (χ2v) is 6.63. The summed E-state index contributed by atoms with van der Waals surface area (Å²) in [7, 11) is 0. The molecule has 0 bridgehead atoms. The molecule has 0 fully saturated rings. The molecular weight excluding hydrogens is 390 g/mol. The Hall–Kier alpha value is -2.32. The molecule has 0 saturated heterocycles. The first kappa shape index (κ1) is 25.7. The molecule has 0 saturated carbocycles. The molecule has 0 aromatic heterocycles. The lowest BCUT2D eigenvalue weighted by molar-refractivity contribution is -0.149. The van der Waals surface area contributed by atoms with Crippen molar-refractivity contribution < 1.29 is 33.6 Å². The van der Waals surface area contributed by atoms with Gasteiger partial charge in [0.15, 0.2) is 6.10 Å². The summed E-state index contributed by atoms with van der Waals surface area (Å²) in [6.45, 7) is 8.86. The van der Waals surface area contributed by atoms with E-state index < -0.39 is 12.1 Å². The van der Waals surface area contributed by atoms with Crippen LogP contribution in [0.25, 0.3) is 0 Å². The number of carbonyl (C=O) groups is 2. The SMILES string of the molecule is CCCOCCCN(CCOc1ccc(CC(OCC)C(=O)O)cc1)C(=O)OCC. The number of ether oxygens (including phenoxy) is 4. The van der Waals surface area contributed by atoms with Crippen molar-refractivity contribution in [2.45, 2.75) is 46.1 Å². The average molecular weight is 426 g/mol. The summed E-state index contributed by atoms with van der Waals surface area (Å²) >= 11 is 0. The fourth-order valence-corrected chi connectivity index (χ4v) is 2.74. The highest BCUT2D eigenvalue weighted by atomic mass is 16.6. The molecule has 1 aromatic rings. The quantitative estimate of drug-likeness (QED) is 0.406. The van der Waals surface area contributed by atoms with Crippen LogP contribution in [0.2, 0.25) is 0 Å². The molecule has 0 spiro atoms. The maximum absolute atomic E-state index is 12.1.